The molecule has 1 fully saturated rings. The lowest BCUT2D eigenvalue weighted by Crippen LogP contribution is -2.47. The van der Waals surface area contributed by atoms with Crippen molar-refractivity contribution in [3.8, 4) is 0 Å². The number of nitrogens with zero attached hydrogens (tertiary/aromatic N) is 2. The van der Waals surface area contributed by atoms with Crippen molar-refractivity contribution in [1.29, 1.82) is 0 Å². The zero-order valence-electron chi connectivity index (χ0n) is 22.3. The van der Waals surface area contributed by atoms with Crippen LogP contribution in [0.1, 0.15) is 65.0 Å². The second kappa shape index (κ2) is 12.7. The number of hydrogen-bond acceptors (Lipinski definition) is 3. The van der Waals surface area contributed by atoms with Crippen LogP contribution in [0.25, 0.3) is 0 Å². The minimum atomic E-state index is -0.140. The lowest BCUT2D eigenvalue weighted by atomic mass is 9.99. The Morgan fingerprint density at radius 3 is 2.14 bits per heavy atom. The number of amides is 2. The minimum absolute atomic E-state index is 0.0755. The first-order chi connectivity index (χ1) is 17.9. The molecule has 4 rings (SSSR count). The fourth-order valence-electron chi connectivity index (χ4n) is 4.81. The van der Waals surface area contributed by atoms with Crippen molar-refractivity contribution in [3.05, 3.63) is 101 Å². The Bertz CT molecular complexity index is 1150. The van der Waals surface area contributed by atoms with Gasteiger partial charge in [-0.05, 0) is 80.6 Å². The monoisotopic (exact) mass is 497 g/mol. The van der Waals surface area contributed by atoms with Crippen molar-refractivity contribution >= 4 is 17.5 Å². The molecule has 1 aliphatic heterocycles. The van der Waals surface area contributed by atoms with Gasteiger partial charge in [0.2, 0.25) is 0 Å². The third-order valence-corrected chi connectivity index (χ3v) is 7.18. The van der Waals surface area contributed by atoms with E-state index in [0.717, 1.165) is 54.9 Å². The van der Waals surface area contributed by atoms with Crippen LogP contribution in [0.3, 0.4) is 0 Å². The predicted octanol–water partition coefficient (Wildman–Crippen LogP) is 6.40. The second-order valence-corrected chi connectivity index (χ2v) is 10.6. The summed E-state index contributed by atoms with van der Waals surface area (Å²) in [5, 5.41) is 2.93. The van der Waals surface area contributed by atoms with E-state index in [-0.39, 0.29) is 17.9 Å². The molecule has 2 amide bonds. The first-order valence-electron chi connectivity index (χ1n) is 13.4. The van der Waals surface area contributed by atoms with Gasteiger partial charge in [0.05, 0.1) is 0 Å². The number of carbonyl (C=O) groups excluding carboxylic acids is 2. The molecular weight excluding hydrogens is 458 g/mol. The predicted molar refractivity (Wildman–Crippen MR) is 151 cm³/mol. The first kappa shape index (κ1) is 26.6. The number of aryl methyl sites for hydroxylation is 1. The van der Waals surface area contributed by atoms with Gasteiger partial charge in [0.1, 0.15) is 0 Å². The number of anilines is 1. The van der Waals surface area contributed by atoms with E-state index in [1.807, 2.05) is 90.7 Å². The maximum absolute atomic E-state index is 13.7. The third-order valence-electron chi connectivity index (χ3n) is 7.18. The summed E-state index contributed by atoms with van der Waals surface area (Å²) in [6.45, 7) is 10.3. The smallest absolute Gasteiger partial charge is 0.255 e. The van der Waals surface area contributed by atoms with Crippen molar-refractivity contribution in [2.45, 2.75) is 52.6 Å². The van der Waals surface area contributed by atoms with Crippen molar-refractivity contribution in [3.63, 3.8) is 0 Å². The molecule has 1 N–H and O–H groups in total. The Labute approximate surface area is 221 Å². The van der Waals surface area contributed by atoms with Gasteiger partial charge < -0.3 is 15.1 Å². The van der Waals surface area contributed by atoms with Crippen LogP contribution in [-0.2, 0) is 6.54 Å². The van der Waals surface area contributed by atoms with Gasteiger partial charge >= 0.3 is 0 Å². The summed E-state index contributed by atoms with van der Waals surface area (Å²) in [5.74, 6) is 0.640. The van der Waals surface area contributed by atoms with Gasteiger partial charge in [0, 0.05) is 42.5 Å². The van der Waals surface area contributed by atoms with E-state index in [1.165, 1.54) is 6.42 Å². The van der Waals surface area contributed by atoms with Crippen molar-refractivity contribution in [1.82, 2.24) is 9.80 Å². The Hall–Kier alpha value is -3.44. The summed E-state index contributed by atoms with van der Waals surface area (Å²) in [6, 6.07) is 25.1. The van der Waals surface area contributed by atoms with E-state index in [1.54, 1.807) is 0 Å². The average molecular weight is 498 g/mol. The fourth-order valence-corrected chi connectivity index (χ4v) is 4.81. The first-order valence-corrected chi connectivity index (χ1v) is 13.4. The Morgan fingerprint density at radius 1 is 0.892 bits per heavy atom. The Kier molecular flexibility index (Phi) is 9.13. The van der Waals surface area contributed by atoms with Crippen molar-refractivity contribution in [2.24, 2.45) is 5.92 Å². The Morgan fingerprint density at radius 2 is 1.51 bits per heavy atom. The number of nitrogens with one attached hydrogen (secondary N) is 1. The molecule has 5 heteroatoms. The fraction of sp³-hybridized carbons (Fsp3) is 0.375. The lowest BCUT2D eigenvalue weighted by molar-refractivity contribution is 0.0546. The van der Waals surface area contributed by atoms with Crippen LogP contribution in [0.5, 0.6) is 0 Å². The topological polar surface area (TPSA) is 52.7 Å². The molecule has 1 aliphatic rings. The third kappa shape index (κ3) is 7.53. The van der Waals surface area contributed by atoms with Gasteiger partial charge in [0.25, 0.3) is 11.8 Å². The molecule has 0 saturated carbocycles. The highest BCUT2D eigenvalue weighted by atomic mass is 16.2. The van der Waals surface area contributed by atoms with Crippen LogP contribution >= 0.6 is 0 Å². The molecule has 5 nitrogen and oxygen atoms in total. The van der Waals surface area contributed by atoms with Crippen molar-refractivity contribution < 1.29 is 9.59 Å². The molecule has 0 atom stereocenters. The van der Waals surface area contributed by atoms with Gasteiger partial charge in [0.15, 0.2) is 0 Å². The van der Waals surface area contributed by atoms with Crippen LogP contribution in [-0.4, -0.2) is 47.3 Å². The molecule has 3 aromatic rings. The number of para-hydroxylation sites is 1. The number of likely N-dealkylation sites (tertiary alicyclic amines) is 1. The maximum Gasteiger partial charge on any atom is 0.255 e. The van der Waals surface area contributed by atoms with Crippen LogP contribution in [0.2, 0.25) is 0 Å². The van der Waals surface area contributed by atoms with Gasteiger partial charge in [-0.25, -0.2) is 0 Å². The maximum atomic E-state index is 13.7. The van der Waals surface area contributed by atoms with Gasteiger partial charge in [-0.2, -0.15) is 0 Å². The molecule has 3 aromatic carbocycles. The highest BCUT2D eigenvalue weighted by Gasteiger charge is 2.29. The largest absolute Gasteiger partial charge is 0.331 e. The zero-order chi connectivity index (χ0) is 26.2. The summed E-state index contributed by atoms with van der Waals surface area (Å²) >= 11 is 0. The molecule has 0 radical (unpaired) electrons. The highest BCUT2D eigenvalue weighted by molar-refractivity contribution is 6.04. The number of rotatable bonds is 9. The average Bonchev–Trinajstić information content (AvgIpc) is 2.92. The Balaban J connectivity index is 1.46. The number of benzene rings is 3. The SMILES string of the molecule is Cc1ccc(C(=O)N(Cc2ccc(C(=O)Nc3ccccc3)cc2)C2CCN(CCC(C)C)CC2)cc1. The lowest BCUT2D eigenvalue weighted by Gasteiger charge is -2.39. The van der Waals surface area contributed by atoms with E-state index in [2.05, 4.69) is 24.1 Å². The van der Waals surface area contributed by atoms with Crippen LogP contribution in [0, 0.1) is 12.8 Å². The molecule has 0 spiro atoms. The standard InChI is InChI=1S/C32H39N3O2/c1-24(2)17-20-34-21-18-30(19-22-34)35(32(37)28-13-9-25(3)10-14-28)23-26-11-15-27(16-12-26)31(36)33-29-7-5-4-6-8-29/h4-16,24,30H,17-23H2,1-3H3,(H,33,36). The molecule has 37 heavy (non-hydrogen) atoms. The molecular formula is C32H39N3O2. The van der Waals surface area contributed by atoms with E-state index in [9.17, 15) is 9.59 Å². The number of piperidine rings is 1. The zero-order valence-corrected chi connectivity index (χ0v) is 22.3. The summed E-state index contributed by atoms with van der Waals surface area (Å²) in [4.78, 5) is 30.9. The van der Waals surface area contributed by atoms with Crippen LogP contribution in [0.15, 0.2) is 78.9 Å². The van der Waals surface area contributed by atoms with Gasteiger partial charge in [-0.3, -0.25) is 9.59 Å². The molecule has 1 saturated heterocycles. The number of carbonyl (C=O) groups is 2. The summed E-state index contributed by atoms with van der Waals surface area (Å²) in [5.41, 5.74) is 4.27. The van der Waals surface area contributed by atoms with Gasteiger partial charge in [-0.1, -0.05) is 61.9 Å². The van der Waals surface area contributed by atoms with Crippen molar-refractivity contribution in [2.75, 3.05) is 25.0 Å². The quantitative estimate of drug-likeness (QED) is 0.372. The molecule has 194 valence electrons. The summed E-state index contributed by atoms with van der Waals surface area (Å²) in [7, 11) is 0. The van der Waals surface area contributed by atoms with E-state index in [0.29, 0.717) is 18.0 Å². The van der Waals surface area contributed by atoms with Crippen LogP contribution < -0.4 is 5.32 Å². The molecule has 1 heterocycles. The number of hydrogen-bond donors (Lipinski definition) is 1. The normalized spacial score (nSPS) is 14.5. The molecule has 0 aromatic heterocycles. The molecule has 0 aliphatic carbocycles. The van der Waals surface area contributed by atoms with E-state index in [4.69, 9.17) is 0 Å². The molecule has 0 unspecified atom stereocenters. The van der Waals surface area contributed by atoms with E-state index >= 15 is 0 Å². The summed E-state index contributed by atoms with van der Waals surface area (Å²) < 4.78 is 0. The summed E-state index contributed by atoms with van der Waals surface area (Å²) in [6.07, 6.45) is 3.17. The second-order valence-electron chi connectivity index (χ2n) is 10.6. The molecule has 0 bridgehead atoms. The van der Waals surface area contributed by atoms with E-state index < -0.39 is 0 Å². The van der Waals surface area contributed by atoms with Crippen LogP contribution in [0.4, 0.5) is 5.69 Å². The highest BCUT2D eigenvalue weighted by Crippen LogP contribution is 2.23. The van der Waals surface area contributed by atoms with Gasteiger partial charge in [-0.15, -0.1) is 0 Å². The minimum Gasteiger partial charge on any atom is -0.331 e.